The first-order chi connectivity index (χ1) is 14.2. The Hall–Kier alpha value is -3.20. The Kier molecular flexibility index (Phi) is 5.57. The predicted octanol–water partition coefficient (Wildman–Crippen LogP) is 3.07. The third-order valence-corrected chi connectivity index (χ3v) is 5.30. The van der Waals surface area contributed by atoms with Gasteiger partial charge in [-0.05, 0) is 60.0 Å². The van der Waals surface area contributed by atoms with Crippen LogP contribution in [0.1, 0.15) is 34.5 Å². The summed E-state index contributed by atoms with van der Waals surface area (Å²) in [6, 6.07) is 14.9. The Labute approximate surface area is 172 Å². The second kappa shape index (κ2) is 8.44. The molecule has 4 aromatic rings. The van der Waals surface area contributed by atoms with Gasteiger partial charge >= 0.3 is 0 Å². The number of carbonyl (C=O) groups excluding carboxylic acids is 1. The maximum atomic E-state index is 13.2. The van der Waals surface area contributed by atoms with Crippen molar-refractivity contribution < 1.29 is 4.79 Å². The quantitative estimate of drug-likeness (QED) is 0.488. The highest BCUT2D eigenvalue weighted by Crippen LogP contribution is 2.22. The number of aryl methyl sites for hydroxylation is 1. The summed E-state index contributed by atoms with van der Waals surface area (Å²) in [5, 5.41) is 14.7. The summed E-state index contributed by atoms with van der Waals surface area (Å²) in [5.41, 5.74) is 2.99. The fraction of sp³-hybridized carbons (Fsp3) is 0.250. The second-order valence-electron chi connectivity index (χ2n) is 6.60. The number of carbonyl (C=O) groups is 1. The largest absolute Gasteiger partial charge is 0.342 e. The zero-order valence-electron chi connectivity index (χ0n) is 16.2. The van der Waals surface area contributed by atoms with Gasteiger partial charge in [0.05, 0.1) is 28.3 Å². The molecule has 1 amide bonds. The van der Waals surface area contributed by atoms with Gasteiger partial charge in [0, 0.05) is 0 Å². The summed E-state index contributed by atoms with van der Waals surface area (Å²) in [6.07, 6.45) is 2.81. The number of amides is 1. The van der Waals surface area contributed by atoms with Crippen LogP contribution in [0.2, 0.25) is 0 Å². The van der Waals surface area contributed by atoms with E-state index < -0.39 is 0 Å². The third kappa shape index (κ3) is 4.00. The molecule has 0 saturated heterocycles. The van der Waals surface area contributed by atoms with Crippen molar-refractivity contribution in [2.24, 2.45) is 0 Å². The molecule has 0 bridgehead atoms. The molecule has 8 nitrogen and oxygen atoms in total. The number of hydrogen-bond acceptors (Lipinski definition) is 6. The lowest BCUT2D eigenvalue weighted by Gasteiger charge is -2.17. The van der Waals surface area contributed by atoms with Gasteiger partial charge < -0.3 is 10.3 Å². The number of H-pyrrole nitrogens is 1. The van der Waals surface area contributed by atoms with Crippen molar-refractivity contribution in [2.45, 2.75) is 19.4 Å². The fourth-order valence-corrected chi connectivity index (χ4v) is 3.66. The summed E-state index contributed by atoms with van der Waals surface area (Å²) in [4.78, 5) is 21.2. The molecule has 0 unspecified atom stereocenters. The number of imidazole rings is 1. The standard InChI is InChI=1S/C20H21N7OS/c1-13-24-25-26-27(13)18-10-6-3-7-14(18)20(28)23-17(11-12-29-2)19-21-15-8-4-5-9-16(15)22-19/h3-10,17H,11-12H2,1-2H3,(H,21,22)(H,23,28)/t17-/m0/s1. The van der Waals surface area contributed by atoms with Crippen LogP contribution in [0.3, 0.4) is 0 Å². The molecule has 0 spiro atoms. The number of thioether (sulfide) groups is 1. The van der Waals surface area contributed by atoms with Gasteiger partial charge in [0.2, 0.25) is 0 Å². The molecule has 4 rings (SSSR count). The molecular formula is C20H21N7OS. The van der Waals surface area contributed by atoms with Crippen LogP contribution in [-0.4, -0.2) is 48.1 Å². The van der Waals surface area contributed by atoms with Gasteiger partial charge in [-0.3, -0.25) is 4.79 Å². The van der Waals surface area contributed by atoms with E-state index in [0.29, 0.717) is 17.1 Å². The Morgan fingerprint density at radius 1 is 1.21 bits per heavy atom. The topological polar surface area (TPSA) is 101 Å². The smallest absolute Gasteiger partial charge is 0.254 e. The first kappa shape index (κ1) is 19.1. The molecule has 0 saturated carbocycles. The molecule has 0 fully saturated rings. The highest BCUT2D eigenvalue weighted by molar-refractivity contribution is 7.98. The van der Waals surface area contributed by atoms with E-state index in [1.807, 2.05) is 48.7 Å². The molecular weight excluding hydrogens is 386 g/mol. The van der Waals surface area contributed by atoms with Gasteiger partial charge in [-0.1, -0.05) is 24.3 Å². The lowest BCUT2D eigenvalue weighted by molar-refractivity contribution is 0.0934. The van der Waals surface area contributed by atoms with Crippen LogP contribution in [0.15, 0.2) is 48.5 Å². The number of tetrazole rings is 1. The molecule has 0 aliphatic carbocycles. The van der Waals surface area contributed by atoms with Crippen molar-refractivity contribution in [3.05, 3.63) is 65.7 Å². The Bertz CT molecular complexity index is 1100. The number of rotatable bonds is 7. The number of aromatic nitrogens is 6. The summed E-state index contributed by atoms with van der Waals surface area (Å²) < 4.78 is 1.56. The van der Waals surface area contributed by atoms with E-state index in [9.17, 15) is 4.79 Å². The maximum Gasteiger partial charge on any atom is 0.254 e. The molecule has 0 radical (unpaired) electrons. The van der Waals surface area contributed by atoms with Gasteiger partial charge in [0.15, 0.2) is 5.82 Å². The van der Waals surface area contributed by atoms with Crippen LogP contribution in [0, 0.1) is 6.92 Å². The molecule has 0 aliphatic rings. The zero-order valence-corrected chi connectivity index (χ0v) is 17.0. The predicted molar refractivity (Wildman–Crippen MR) is 113 cm³/mol. The molecule has 2 heterocycles. The van der Waals surface area contributed by atoms with E-state index in [4.69, 9.17) is 0 Å². The number of nitrogens with zero attached hydrogens (tertiary/aromatic N) is 5. The lowest BCUT2D eigenvalue weighted by Crippen LogP contribution is -2.30. The Morgan fingerprint density at radius 2 is 2.00 bits per heavy atom. The van der Waals surface area contributed by atoms with Gasteiger partial charge in [-0.2, -0.15) is 16.4 Å². The normalized spacial score (nSPS) is 12.2. The number of hydrogen-bond donors (Lipinski definition) is 2. The molecule has 148 valence electrons. The van der Waals surface area contributed by atoms with Gasteiger partial charge in [0.25, 0.3) is 5.91 Å². The fourth-order valence-electron chi connectivity index (χ4n) is 3.19. The average molecular weight is 408 g/mol. The minimum absolute atomic E-state index is 0.193. The number of benzene rings is 2. The van der Waals surface area contributed by atoms with Gasteiger partial charge in [0.1, 0.15) is 5.82 Å². The monoisotopic (exact) mass is 407 g/mol. The van der Waals surface area contributed by atoms with Gasteiger partial charge in [-0.15, -0.1) is 5.10 Å². The van der Waals surface area contributed by atoms with Crippen molar-refractivity contribution in [3.63, 3.8) is 0 Å². The van der Waals surface area contributed by atoms with E-state index >= 15 is 0 Å². The average Bonchev–Trinajstić information content (AvgIpc) is 3.36. The van der Waals surface area contributed by atoms with Crippen LogP contribution in [-0.2, 0) is 0 Å². The molecule has 2 N–H and O–H groups in total. The summed E-state index contributed by atoms with van der Waals surface area (Å²) in [7, 11) is 0. The maximum absolute atomic E-state index is 13.2. The molecule has 0 aliphatic heterocycles. The van der Waals surface area contributed by atoms with Crippen LogP contribution in [0.4, 0.5) is 0 Å². The van der Waals surface area contributed by atoms with E-state index in [1.54, 1.807) is 29.4 Å². The summed E-state index contributed by atoms with van der Waals surface area (Å²) in [5.74, 6) is 2.07. The number of nitrogens with one attached hydrogen (secondary N) is 2. The number of para-hydroxylation sites is 3. The van der Waals surface area contributed by atoms with Crippen molar-refractivity contribution in [1.29, 1.82) is 0 Å². The van der Waals surface area contributed by atoms with Crippen molar-refractivity contribution >= 4 is 28.7 Å². The Morgan fingerprint density at radius 3 is 2.76 bits per heavy atom. The molecule has 1 atom stereocenters. The number of aromatic amines is 1. The molecule has 2 aromatic carbocycles. The highest BCUT2D eigenvalue weighted by Gasteiger charge is 2.21. The SMILES string of the molecule is CSCC[C@H](NC(=O)c1ccccc1-n1nnnc1C)c1nc2ccccc2[nH]1. The molecule has 29 heavy (non-hydrogen) atoms. The number of fused-ring (bicyclic) bond motifs is 1. The van der Waals surface area contributed by atoms with Crippen molar-refractivity contribution in [1.82, 2.24) is 35.5 Å². The van der Waals surface area contributed by atoms with Crippen LogP contribution >= 0.6 is 11.8 Å². The second-order valence-corrected chi connectivity index (χ2v) is 7.59. The van der Waals surface area contributed by atoms with Gasteiger partial charge in [-0.25, -0.2) is 4.98 Å². The molecule has 9 heteroatoms. The van der Waals surface area contributed by atoms with Crippen molar-refractivity contribution in [3.8, 4) is 5.69 Å². The lowest BCUT2D eigenvalue weighted by atomic mass is 10.1. The molecule has 2 aromatic heterocycles. The van der Waals surface area contributed by atoms with Crippen LogP contribution < -0.4 is 5.32 Å². The summed E-state index contributed by atoms with van der Waals surface area (Å²) >= 11 is 1.73. The minimum Gasteiger partial charge on any atom is -0.342 e. The van der Waals surface area contributed by atoms with E-state index in [1.165, 1.54) is 0 Å². The van der Waals surface area contributed by atoms with E-state index in [2.05, 4.69) is 30.8 Å². The van der Waals surface area contributed by atoms with Crippen molar-refractivity contribution in [2.75, 3.05) is 12.0 Å². The first-order valence-electron chi connectivity index (χ1n) is 9.26. The Balaban J connectivity index is 1.65. The van der Waals surface area contributed by atoms with E-state index in [0.717, 1.165) is 29.0 Å². The van der Waals surface area contributed by atoms with Crippen LogP contribution in [0.25, 0.3) is 16.7 Å². The first-order valence-corrected chi connectivity index (χ1v) is 10.7. The highest BCUT2D eigenvalue weighted by atomic mass is 32.2. The third-order valence-electron chi connectivity index (χ3n) is 4.66. The minimum atomic E-state index is -0.231. The van der Waals surface area contributed by atoms with Crippen LogP contribution in [0.5, 0.6) is 0 Å². The summed E-state index contributed by atoms with van der Waals surface area (Å²) in [6.45, 7) is 1.80. The van der Waals surface area contributed by atoms with E-state index in [-0.39, 0.29) is 11.9 Å². The zero-order chi connectivity index (χ0) is 20.2.